The van der Waals surface area contributed by atoms with E-state index in [1.807, 2.05) is 0 Å². The third kappa shape index (κ3) is 1.36. The summed E-state index contributed by atoms with van der Waals surface area (Å²) in [4.78, 5) is 3.50. The van der Waals surface area contributed by atoms with Crippen molar-refractivity contribution in [3.05, 3.63) is 23.2 Å². The van der Waals surface area contributed by atoms with Gasteiger partial charge in [-0.25, -0.2) is 9.37 Å². The third-order valence-corrected chi connectivity index (χ3v) is 1.21. The summed E-state index contributed by atoms with van der Waals surface area (Å²) in [6, 6.07) is 1.32. The highest BCUT2D eigenvalue weighted by Crippen LogP contribution is 2.18. The lowest BCUT2D eigenvalue weighted by Gasteiger charge is -1.99. The minimum atomic E-state index is -0.507. The molecule has 0 spiro atoms. The van der Waals surface area contributed by atoms with Gasteiger partial charge in [-0.15, -0.1) is 0 Å². The molecule has 0 aliphatic heterocycles. The number of rotatable bonds is 1. The van der Waals surface area contributed by atoms with Crippen molar-refractivity contribution in [2.75, 3.05) is 7.11 Å². The lowest BCUT2D eigenvalue weighted by Crippen LogP contribution is -1.88. The summed E-state index contributed by atoms with van der Waals surface area (Å²) in [5.41, 5.74) is 0. The number of hydrogen-bond acceptors (Lipinski definition) is 2. The molecule has 54 valence electrons. The maximum Gasteiger partial charge on any atom is 0.183 e. The van der Waals surface area contributed by atoms with E-state index < -0.39 is 5.82 Å². The van der Waals surface area contributed by atoms with Gasteiger partial charge in [0.2, 0.25) is 0 Å². The van der Waals surface area contributed by atoms with E-state index in [-0.39, 0.29) is 10.9 Å². The van der Waals surface area contributed by atoms with Crippen molar-refractivity contribution in [2.24, 2.45) is 0 Å². The zero-order chi connectivity index (χ0) is 7.56. The Morgan fingerprint density at radius 2 is 2.40 bits per heavy atom. The molecular formula is C6H5ClFNO. The zero-order valence-electron chi connectivity index (χ0n) is 5.27. The van der Waals surface area contributed by atoms with Crippen LogP contribution < -0.4 is 4.74 Å². The van der Waals surface area contributed by atoms with Gasteiger partial charge in [-0.05, 0) is 0 Å². The van der Waals surface area contributed by atoms with Gasteiger partial charge in [0, 0.05) is 6.07 Å². The van der Waals surface area contributed by atoms with Crippen LogP contribution in [-0.4, -0.2) is 12.1 Å². The van der Waals surface area contributed by atoms with Gasteiger partial charge in [0.25, 0.3) is 0 Å². The standard InChI is InChI=1S/C6H5ClFNO/c1-10-5-2-6(7)9-3-4(5)8/h2-3H,1H3. The van der Waals surface area contributed by atoms with Crippen LogP contribution in [0.1, 0.15) is 0 Å². The Morgan fingerprint density at radius 3 is 2.90 bits per heavy atom. The van der Waals surface area contributed by atoms with E-state index in [0.717, 1.165) is 6.20 Å². The largest absolute Gasteiger partial charge is 0.494 e. The van der Waals surface area contributed by atoms with E-state index in [4.69, 9.17) is 11.6 Å². The molecule has 0 atom stereocenters. The van der Waals surface area contributed by atoms with Crippen molar-refractivity contribution in [1.82, 2.24) is 4.98 Å². The fourth-order valence-electron chi connectivity index (χ4n) is 0.553. The van der Waals surface area contributed by atoms with E-state index >= 15 is 0 Å². The molecule has 0 aliphatic rings. The number of ether oxygens (including phenoxy) is 1. The van der Waals surface area contributed by atoms with E-state index in [2.05, 4.69) is 9.72 Å². The summed E-state index contributed by atoms with van der Waals surface area (Å²) in [7, 11) is 1.37. The summed E-state index contributed by atoms with van der Waals surface area (Å²) < 4.78 is 17.2. The fourth-order valence-corrected chi connectivity index (χ4v) is 0.701. The molecule has 0 aliphatic carbocycles. The van der Waals surface area contributed by atoms with Gasteiger partial charge < -0.3 is 4.74 Å². The molecule has 0 unspecified atom stereocenters. The van der Waals surface area contributed by atoms with Crippen molar-refractivity contribution >= 4 is 11.6 Å². The molecule has 0 bridgehead atoms. The summed E-state index contributed by atoms with van der Waals surface area (Å²) in [6.45, 7) is 0. The van der Waals surface area contributed by atoms with Gasteiger partial charge in [-0.3, -0.25) is 0 Å². The molecule has 0 N–H and O–H groups in total. The lowest BCUT2D eigenvalue weighted by atomic mass is 10.4. The average Bonchev–Trinajstić information content (AvgIpc) is 1.94. The highest BCUT2D eigenvalue weighted by atomic mass is 35.5. The van der Waals surface area contributed by atoms with Gasteiger partial charge in [-0.1, -0.05) is 11.6 Å². The predicted octanol–water partition coefficient (Wildman–Crippen LogP) is 1.88. The minimum absolute atomic E-state index is 0.111. The van der Waals surface area contributed by atoms with Crippen molar-refractivity contribution in [3.8, 4) is 5.75 Å². The topological polar surface area (TPSA) is 22.1 Å². The van der Waals surface area contributed by atoms with Crippen LogP contribution in [0, 0.1) is 5.82 Å². The molecule has 0 radical (unpaired) electrons. The monoisotopic (exact) mass is 161 g/mol. The highest BCUT2D eigenvalue weighted by Gasteiger charge is 2.01. The molecule has 10 heavy (non-hydrogen) atoms. The molecule has 1 aromatic heterocycles. The number of aromatic nitrogens is 1. The molecule has 2 nitrogen and oxygen atoms in total. The van der Waals surface area contributed by atoms with E-state index in [1.54, 1.807) is 0 Å². The van der Waals surface area contributed by atoms with E-state index in [0.29, 0.717) is 0 Å². The Bertz CT molecular complexity index is 241. The first-order chi connectivity index (χ1) is 4.74. The van der Waals surface area contributed by atoms with Gasteiger partial charge in [-0.2, -0.15) is 0 Å². The Balaban J connectivity index is 3.09. The number of nitrogens with zero attached hydrogens (tertiary/aromatic N) is 1. The van der Waals surface area contributed by atoms with Crippen LogP contribution in [0.25, 0.3) is 0 Å². The lowest BCUT2D eigenvalue weighted by molar-refractivity contribution is 0.385. The van der Waals surface area contributed by atoms with Crippen molar-refractivity contribution in [1.29, 1.82) is 0 Å². The normalized spacial score (nSPS) is 9.50. The quantitative estimate of drug-likeness (QED) is 0.587. The molecule has 1 heterocycles. The van der Waals surface area contributed by atoms with Crippen LogP contribution in [0.3, 0.4) is 0 Å². The first-order valence-electron chi connectivity index (χ1n) is 2.59. The fraction of sp³-hybridized carbons (Fsp3) is 0.167. The number of pyridine rings is 1. The van der Waals surface area contributed by atoms with Crippen LogP contribution in [0.4, 0.5) is 4.39 Å². The van der Waals surface area contributed by atoms with Crippen LogP contribution in [0.2, 0.25) is 5.15 Å². The second-order valence-corrected chi connectivity index (χ2v) is 2.03. The molecule has 1 rings (SSSR count). The van der Waals surface area contributed by atoms with Crippen molar-refractivity contribution < 1.29 is 9.13 Å². The Morgan fingerprint density at radius 1 is 1.70 bits per heavy atom. The molecule has 4 heteroatoms. The molecule has 0 saturated carbocycles. The molecule has 0 saturated heterocycles. The summed E-state index contributed by atoms with van der Waals surface area (Å²) in [5.74, 6) is -0.396. The van der Waals surface area contributed by atoms with Gasteiger partial charge in [0.05, 0.1) is 13.3 Å². The van der Waals surface area contributed by atoms with Gasteiger partial charge in [0.15, 0.2) is 11.6 Å². The second-order valence-electron chi connectivity index (χ2n) is 1.64. The smallest absolute Gasteiger partial charge is 0.183 e. The summed E-state index contributed by atoms with van der Waals surface area (Å²) >= 11 is 5.44. The van der Waals surface area contributed by atoms with Gasteiger partial charge >= 0.3 is 0 Å². The summed E-state index contributed by atoms with van der Waals surface area (Å²) in [5, 5.41) is 0.221. The van der Waals surface area contributed by atoms with Crippen LogP contribution in [0.15, 0.2) is 12.3 Å². The number of methoxy groups -OCH3 is 1. The third-order valence-electron chi connectivity index (χ3n) is 1.01. The predicted molar refractivity (Wildman–Crippen MR) is 35.8 cm³/mol. The SMILES string of the molecule is COc1cc(Cl)ncc1F. The zero-order valence-corrected chi connectivity index (χ0v) is 6.02. The first kappa shape index (κ1) is 7.28. The first-order valence-corrected chi connectivity index (χ1v) is 2.97. The Hall–Kier alpha value is -0.830. The van der Waals surface area contributed by atoms with E-state index in [1.165, 1.54) is 13.2 Å². The van der Waals surface area contributed by atoms with Crippen molar-refractivity contribution in [3.63, 3.8) is 0 Å². The molecular weight excluding hydrogens is 157 g/mol. The van der Waals surface area contributed by atoms with Crippen LogP contribution in [-0.2, 0) is 0 Å². The minimum Gasteiger partial charge on any atom is -0.494 e. The number of halogens is 2. The summed E-state index contributed by atoms with van der Waals surface area (Å²) in [6.07, 6.45) is 1.02. The Kier molecular flexibility index (Phi) is 2.06. The molecule has 1 aromatic rings. The van der Waals surface area contributed by atoms with Crippen molar-refractivity contribution in [2.45, 2.75) is 0 Å². The number of hydrogen-bond donors (Lipinski definition) is 0. The highest BCUT2D eigenvalue weighted by molar-refractivity contribution is 6.29. The maximum absolute atomic E-state index is 12.5. The molecule has 0 amide bonds. The van der Waals surface area contributed by atoms with Gasteiger partial charge in [0.1, 0.15) is 5.15 Å². The molecule has 0 aromatic carbocycles. The van der Waals surface area contributed by atoms with Crippen LogP contribution in [0.5, 0.6) is 5.75 Å². The maximum atomic E-state index is 12.5. The molecule has 0 fully saturated rings. The Labute approximate surface area is 62.6 Å². The second kappa shape index (κ2) is 2.84. The van der Waals surface area contributed by atoms with E-state index in [9.17, 15) is 4.39 Å². The average molecular weight is 162 g/mol. The van der Waals surface area contributed by atoms with Crippen LogP contribution >= 0.6 is 11.6 Å².